The highest BCUT2D eigenvalue weighted by Crippen LogP contribution is 2.52. The van der Waals surface area contributed by atoms with Crippen LogP contribution in [0.1, 0.15) is 5.69 Å². The van der Waals surface area contributed by atoms with Gasteiger partial charge in [-0.1, -0.05) is 84.6 Å². The number of nitriles is 1. The molecule has 0 N–H and O–H groups in total. The van der Waals surface area contributed by atoms with Gasteiger partial charge in [0.15, 0.2) is 0 Å². The zero-order valence-electron chi connectivity index (χ0n) is 18.2. The summed E-state index contributed by atoms with van der Waals surface area (Å²) in [6, 6.07) is 41.7. The van der Waals surface area contributed by atoms with Crippen LogP contribution in [-0.4, -0.2) is 4.98 Å². The first-order valence-corrected chi connectivity index (χ1v) is 11.9. The monoisotopic (exact) mass is 453 g/mol. The van der Waals surface area contributed by atoms with Crippen LogP contribution in [-0.2, 0) is 0 Å². The van der Waals surface area contributed by atoms with Gasteiger partial charge in [0.1, 0.15) is 11.8 Å². The van der Waals surface area contributed by atoms with Gasteiger partial charge in [-0.15, -0.1) is 0 Å². The van der Waals surface area contributed by atoms with E-state index >= 15 is 0 Å². The molecule has 160 valence electrons. The van der Waals surface area contributed by atoms with Crippen LogP contribution in [0.5, 0.6) is 0 Å². The summed E-state index contributed by atoms with van der Waals surface area (Å²) in [6.45, 7) is 0. The normalized spacial score (nSPS) is 11.9. The number of fused-ring (bicyclic) bond motifs is 2. The first-order chi connectivity index (χ1) is 16.8. The van der Waals surface area contributed by atoms with E-state index in [0.29, 0.717) is 5.69 Å². The van der Waals surface area contributed by atoms with Gasteiger partial charge < -0.3 is 4.90 Å². The van der Waals surface area contributed by atoms with Gasteiger partial charge in [-0.25, -0.2) is 4.98 Å². The van der Waals surface area contributed by atoms with Crippen molar-refractivity contribution in [3.63, 3.8) is 0 Å². The van der Waals surface area contributed by atoms with E-state index in [1.807, 2.05) is 23.9 Å². The zero-order chi connectivity index (χ0) is 22.9. The Kier molecular flexibility index (Phi) is 5.10. The lowest BCUT2D eigenvalue weighted by Gasteiger charge is -2.34. The van der Waals surface area contributed by atoms with E-state index < -0.39 is 0 Å². The summed E-state index contributed by atoms with van der Waals surface area (Å²) in [4.78, 5) is 9.29. The number of para-hydroxylation sites is 3. The fourth-order valence-electron chi connectivity index (χ4n) is 4.36. The van der Waals surface area contributed by atoms with Crippen molar-refractivity contribution < 1.29 is 0 Å². The first kappa shape index (κ1) is 20.3. The Bertz CT molecular complexity index is 1500. The molecular weight excluding hydrogens is 434 g/mol. The third-order valence-corrected chi connectivity index (χ3v) is 7.06. The summed E-state index contributed by atoms with van der Waals surface area (Å²) in [5.41, 5.74) is 8.01. The van der Waals surface area contributed by atoms with Gasteiger partial charge >= 0.3 is 0 Å². The number of nitrogens with zero attached hydrogens (tertiary/aromatic N) is 3. The molecule has 0 spiro atoms. The summed E-state index contributed by atoms with van der Waals surface area (Å²) < 4.78 is 0. The number of anilines is 3. The van der Waals surface area contributed by atoms with E-state index in [9.17, 15) is 5.26 Å². The molecule has 0 amide bonds. The third-order valence-electron chi connectivity index (χ3n) is 5.93. The summed E-state index contributed by atoms with van der Waals surface area (Å²) in [5, 5.41) is 9.18. The molecule has 0 saturated carbocycles. The molecule has 0 radical (unpaired) electrons. The maximum Gasteiger partial charge on any atom is 0.141 e. The molecule has 0 fully saturated rings. The lowest BCUT2D eigenvalue weighted by atomic mass is 9.99. The number of hydrogen-bond donors (Lipinski definition) is 0. The Morgan fingerprint density at radius 2 is 1.18 bits per heavy atom. The Balaban J connectivity index is 1.46. The Morgan fingerprint density at radius 1 is 0.588 bits per heavy atom. The zero-order valence-corrected chi connectivity index (χ0v) is 19.0. The van der Waals surface area contributed by atoms with E-state index in [-0.39, 0.29) is 0 Å². The van der Waals surface area contributed by atoms with Gasteiger partial charge in [-0.2, -0.15) is 5.26 Å². The van der Waals surface area contributed by atoms with Crippen LogP contribution in [0, 0.1) is 11.3 Å². The molecule has 0 saturated heterocycles. The minimum Gasteiger partial charge on any atom is -0.308 e. The van der Waals surface area contributed by atoms with Crippen molar-refractivity contribution >= 4 is 28.8 Å². The van der Waals surface area contributed by atoms with Gasteiger partial charge in [0.05, 0.1) is 22.8 Å². The Morgan fingerprint density at radius 3 is 1.85 bits per heavy atom. The topological polar surface area (TPSA) is 39.9 Å². The van der Waals surface area contributed by atoms with E-state index in [1.54, 1.807) is 6.07 Å². The number of rotatable bonds is 3. The predicted octanol–water partition coefficient (Wildman–Crippen LogP) is 8.22. The number of benzene rings is 4. The average Bonchev–Trinajstić information content (AvgIpc) is 2.92. The minimum atomic E-state index is 0.423. The van der Waals surface area contributed by atoms with Crippen molar-refractivity contribution in [3.05, 3.63) is 121 Å². The molecule has 0 aliphatic carbocycles. The molecule has 0 bridgehead atoms. The van der Waals surface area contributed by atoms with Crippen LogP contribution >= 0.6 is 11.8 Å². The molecule has 1 aromatic heterocycles. The van der Waals surface area contributed by atoms with Crippen LogP contribution in [0.3, 0.4) is 0 Å². The fourth-order valence-corrected chi connectivity index (χ4v) is 5.41. The molecule has 0 atom stereocenters. The second-order valence-corrected chi connectivity index (χ2v) is 9.07. The number of aromatic nitrogens is 1. The molecule has 4 heteroatoms. The van der Waals surface area contributed by atoms with Crippen molar-refractivity contribution in [1.29, 1.82) is 5.26 Å². The van der Waals surface area contributed by atoms with Crippen LogP contribution in [0.4, 0.5) is 17.1 Å². The molecule has 6 rings (SSSR count). The lowest BCUT2D eigenvalue weighted by molar-refractivity contribution is 1.17. The van der Waals surface area contributed by atoms with Gasteiger partial charge in [0, 0.05) is 20.9 Å². The van der Waals surface area contributed by atoms with Crippen LogP contribution in [0.25, 0.3) is 22.4 Å². The highest BCUT2D eigenvalue weighted by molar-refractivity contribution is 7.99. The van der Waals surface area contributed by atoms with Gasteiger partial charge in [-0.05, 0) is 48.0 Å². The molecule has 2 heterocycles. The van der Waals surface area contributed by atoms with Crippen molar-refractivity contribution in [3.8, 4) is 28.5 Å². The average molecular weight is 454 g/mol. The van der Waals surface area contributed by atoms with Crippen molar-refractivity contribution in [2.45, 2.75) is 9.79 Å². The Hall–Kier alpha value is -4.33. The smallest absolute Gasteiger partial charge is 0.141 e. The van der Waals surface area contributed by atoms with Crippen LogP contribution < -0.4 is 4.90 Å². The summed E-state index contributed by atoms with van der Waals surface area (Å²) in [6.07, 6.45) is 0. The quantitative estimate of drug-likeness (QED) is 0.271. The molecule has 3 nitrogen and oxygen atoms in total. The number of hydrogen-bond acceptors (Lipinski definition) is 4. The second kappa shape index (κ2) is 8.55. The Labute approximate surface area is 203 Å². The van der Waals surface area contributed by atoms with Crippen LogP contribution in [0.15, 0.2) is 125 Å². The summed E-state index contributed by atoms with van der Waals surface area (Å²) in [7, 11) is 0. The van der Waals surface area contributed by atoms with Gasteiger partial charge in [0.2, 0.25) is 0 Å². The number of pyridine rings is 1. The van der Waals surface area contributed by atoms with Crippen molar-refractivity contribution in [2.75, 3.05) is 4.90 Å². The predicted molar refractivity (Wildman–Crippen MR) is 139 cm³/mol. The fraction of sp³-hybridized carbons (Fsp3) is 0. The third kappa shape index (κ3) is 3.53. The van der Waals surface area contributed by atoms with Crippen molar-refractivity contribution in [2.24, 2.45) is 0 Å². The van der Waals surface area contributed by atoms with E-state index in [2.05, 4.69) is 113 Å². The largest absolute Gasteiger partial charge is 0.308 e. The molecule has 34 heavy (non-hydrogen) atoms. The second-order valence-electron chi connectivity index (χ2n) is 7.99. The molecule has 0 unspecified atom stereocenters. The lowest BCUT2D eigenvalue weighted by Crippen LogP contribution is -2.15. The highest BCUT2D eigenvalue weighted by Gasteiger charge is 2.25. The summed E-state index contributed by atoms with van der Waals surface area (Å²) in [5.74, 6) is 0. The van der Waals surface area contributed by atoms with E-state index in [4.69, 9.17) is 0 Å². The van der Waals surface area contributed by atoms with E-state index in [0.717, 1.165) is 28.1 Å². The molecule has 5 aromatic rings. The highest BCUT2D eigenvalue weighted by atomic mass is 32.2. The SMILES string of the molecule is N#Cc1cccc(-c2ccc(-c3ccccc3N3c4ccccc4Sc4ccccc43)cc2)n1. The molecule has 1 aliphatic heterocycles. The maximum absolute atomic E-state index is 9.18. The molecule has 4 aromatic carbocycles. The van der Waals surface area contributed by atoms with E-state index in [1.165, 1.54) is 21.2 Å². The molecular formula is C30H19N3S. The van der Waals surface area contributed by atoms with Gasteiger partial charge in [-0.3, -0.25) is 0 Å². The van der Waals surface area contributed by atoms with Crippen LogP contribution in [0.2, 0.25) is 0 Å². The first-order valence-electron chi connectivity index (χ1n) is 11.0. The van der Waals surface area contributed by atoms with Crippen molar-refractivity contribution in [1.82, 2.24) is 4.98 Å². The molecule has 1 aliphatic rings. The minimum absolute atomic E-state index is 0.423. The van der Waals surface area contributed by atoms with Gasteiger partial charge in [0.25, 0.3) is 0 Å². The standard InChI is InChI=1S/C30H19N3S/c31-20-23-8-7-10-25(32-23)22-18-16-21(17-19-22)24-9-1-2-11-26(24)33-27-12-3-5-14-29(27)34-30-15-6-4-13-28(30)33/h1-19H. The summed E-state index contributed by atoms with van der Waals surface area (Å²) >= 11 is 1.81. The maximum atomic E-state index is 9.18.